The van der Waals surface area contributed by atoms with Crippen LogP contribution in [0.4, 0.5) is 0 Å². The Morgan fingerprint density at radius 1 is 1.53 bits per heavy atom. The van der Waals surface area contributed by atoms with Crippen molar-refractivity contribution in [2.45, 2.75) is 12.3 Å². The Labute approximate surface area is 93.5 Å². The number of hydrogen-bond donors (Lipinski definition) is 0. The first kappa shape index (κ1) is 10.5. The molecule has 1 fully saturated rings. The summed E-state index contributed by atoms with van der Waals surface area (Å²) in [6.45, 7) is 1.30. The van der Waals surface area contributed by atoms with E-state index in [-0.39, 0.29) is 5.91 Å². The number of amides is 1. The quantitative estimate of drug-likeness (QED) is 0.723. The molecular formula is C11H12ClNO2. The van der Waals surface area contributed by atoms with E-state index in [2.05, 4.69) is 0 Å². The van der Waals surface area contributed by atoms with Crippen molar-refractivity contribution in [3.05, 3.63) is 35.4 Å². The molecular weight excluding hydrogens is 214 g/mol. The van der Waals surface area contributed by atoms with Crippen LogP contribution in [0.1, 0.15) is 22.3 Å². The van der Waals surface area contributed by atoms with E-state index in [0.717, 1.165) is 12.0 Å². The van der Waals surface area contributed by atoms with Gasteiger partial charge in [0, 0.05) is 11.4 Å². The van der Waals surface area contributed by atoms with Crippen LogP contribution in [0.5, 0.6) is 0 Å². The lowest BCUT2D eigenvalue weighted by atomic mass is 10.1. The smallest absolute Gasteiger partial charge is 0.271 e. The second kappa shape index (κ2) is 4.64. The fourth-order valence-corrected chi connectivity index (χ4v) is 1.71. The number of carbonyl (C=O) groups is 1. The highest BCUT2D eigenvalue weighted by Crippen LogP contribution is 2.13. The van der Waals surface area contributed by atoms with Crippen LogP contribution < -0.4 is 0 Å². The number of rotatable bonds is 2. The fourth-order valence-electron chi connectivity index (χ4n) is 1.54. The van der Waals surface area contributed by atoms with Gasteiger partial charge in [-0.1, -0.05) is 12.1 Å². The van der Waals surface area contributed by atoms with E-state index in [1.807, 2.05) is 12.1 Å². The zero-order valence-electron chi connectivity index (χ0n) is 8.28. The maximum atomic E-state index is 11.9. The standard InChI is InChI=1S/C11H12ClNO2/c12-8-9-3-1-4-10(7-9)11(14)13-5-2-6-15-13/h1,3-4,7H,2,5-6,8H2. The molecule has 0 N–H and O–H groups in total. The molecule has 0 radical (unpaired) electrons. The van der Waals surface area contributed by atoms with Crippen molar-refractivity contribution in [2.24, 2.45) is 0 Å². The van der Waals surface area contributed by atoms with Crippen molar-refractivity contribution < 1.29 is 9.63 Å². The molecule has 1 aliphatic heterocycles. The minimum Gasteiger partial charge on any atom is -0.271 e. The molecule has 1 saturated heterocycles. The Kier molecular flexibility index (Phi) is 3.23. The average molecular weight is 226 g/mol. The predicted molar refractivity (Wildman–Crippen MR) is 57.6 cm³/mol. The summed E-state index contributed by atoms with van der Waals surface area (Å²) in [5.74, 6) is 0.335. The van der Waals surface area contributed by atoms with Crippen LogP contribution in [0.25, 0.3) is 0 Å². The zero-order valence-corrected chi connectivity index (χ0v) is 9.04. The van der Waals surface area contributed by atoms with Gasteiger partial charge in [-0.15, -0.1) is 11.6 Å². The first-order valence-electron chi connectivity index (χ1n) is 4.91. The van der Waals surface area contributed by atoms with Gasteiger partial charge in [0.25, 0.3) is 5.91 Å². The van der Waals surface area contributed by atoms with E-state index >= 15 is 0 Å². The maximum absolute atomic E-state index is 11.9. The molecule has 0 aliphatic carbocycles. The maximum Gasteiger partial charge on any atom is 0.277 e. The van der Waals surface area contributed by atoms with Crippen LogP contribution in [-0.2, 0) is 10.7 Å². The summed E-state index contributed by atoms with van der Waals surface area (Å²) in [6.07, 6.45) is 0.904. The molecule has 0 bridgehead atoms. The average Bonchev–Trinajstić information content (AvgIpc) is 2.81. The van der Waals surface area contributed by atoms with Gasteiger partial charge in [-0.2, -0.15) is 0 Å². The van der Waals surface area contributed by atoms with E-state index in [1.54, 1.807) is 12.1 Å². The van der Waals surface area contributed by atoms with Crippen molar-refractivity contribution in [1.29, 1.82) is 0 Å². The molecule has 1 heterocycles. The van der Waals surface area contributed by atoms with Gasteiger partial charge in [-0.25, -0.2) is 5.06 Å². The molecule has 4 heteroatoms. The van der Waals surface area contributed by atoms with Crippen molar-refractivity contribution in [3.8, 4) is 0 Å². The van der Waals surface area contributed by atoms with Gasteiger partial charge in [-0.3, -0.25) is 9.63 Å². The number of carbonyl (C=O) groups excluding carboxylic acids is 1. The van der Waals surface area contributed by atoms with Crippen molar-refractivity contribution in [2.75, 3.05) is 13.2 Å². The highest BCUT2D eigenvalue weighted by Gasteiger charge is 2.20. The highest BCUT2D eigenvalue weighted by atomic mass is 35.5. The molecule has 0 atom stereocenters. The summed E-state index contributed by atoms with van der Waals surface area (Å²) in [6, 6.07) is 7.31. The van der Waals surface area contributed by atoms with Crippen LogP contribution in [0.2, 0.25) is 0 Å². The zero-order chi connectivity index (χ0) is 10.7. The topological polar surface area (TPSA) is 29.5 Å². The third-order valence-corrected chi connectivity index (χ3v) is 2.62. The molecule has 0 aromatic heterocycles. The minimum absolute atomic E-state index is 0.0838. The Balaban J connectivity index is 2.17. The molecule has 80 valence electrons. The summed E-state index contributed by atoms with van der Waals surface area (Å²) in [5.41, 5.74) is 1.58. The first-order valence-corrected chi connectivity index (χ1v) is 5.44. The van der Waals surface area contributed by atoms with E-state index in [4.69, 9.17) is 16.4 Å². The van der Waals surface area contributed by atoms with Crippen LogP contribution in [-0.4, -0.2) is 24.1 Å². The molecule has 2 rings (SSSR count). The van der Waals surface area contributed by atoms with Crippen LogP contribution in [0.3, 0.4) is 0 Å². The van der Waals surface area contributed by atoms with Crippen molar-refractivity contribution in [3.63, 3.8) is 0 Å². The molecule has 0 saturated carbocycles. The molecule has 1 amide bonds. The summed E-state index contributed by atoms with van der Waals surface area (Å²) >= 11 is 5.71. The van der Waals surface area contributed by atoms with Crippen LogP contribution in [0, 0.1) is 0 Å². The third kappa shape index (κ3) is 2.30. The Morgan fingerprint density at radius 2 is 2.40 bits per heavy atom. The van der Waals surface area contributed by atoms with Crippen molar-refractivity contribution in [1.82, 2.24) is 5.06 Å². The second-order valence-corrected chi connectivity index (χ2v) is 3.70. The van der Waals surface area contributed by atoms with Crippen LogP contribution in [0.15, 0.2) is 24.3 Å². The van der Waals surface area contributed by atoms with Gasteiger partial charge in [-0.05, 0) is 24.1 Å². The predicted octanol–water partition coefficient (Wildman–Crippen LogP) is 2.20. The lowest BCUT2D eigenvalue weighted by molar-refractivity contribution is -0.0768. The number of hydrogen-bond acceptors (Lipinski definition) is 2. The van der Waals surface area contributed by atoms with Gasteiger partial charge in [0.05, 0.1) is 13.2 Å². The number of hydroxylamine groups is 2. The van der Waals surface area contributed by atoms with Crippen molar-refractivity contribution >= 4 is 17.5 Å². The normalized spacial score (nSPS) is 15.7. The molecule has 0 spiro atoms. The number of benzene rings is 1. The SMILES string of the molecule is O=C(c1cccc(CCl)c1)N1CCCO1. The number of nitrogens with zero attached hydrogens (tertiary/aromatic N) is 1. The first-order chi connectivity index (χ1) is 7.31. The highest BCUT2D eigenvalue weighted by molar-refractivity contribution is 6.17. The number of halogens is 1. The molecule has 3 nitrogen and oxygen atoms in total. The summed E-state index contributed by atoms with van der Waals surface area (Å²) in [5, 5.41) is 1.41. The minimum atomic E-state index is -0.0838. The lowest BCUT2D eigenvalue weighted by Gasteiger charge is -2.13. The molecule has 0 unspecified atom stereocenters. The summed E-state index contributed by atoms with van der Waals surface area (Å²) in [7, 11) is 0. The Bertz CT molecular complexity index is 361. The fraction of sp³-hybridized carbons (Fsp3) is 0.364. The van der Waals surface area contributed by atoms with Gasteiger partial charge in [0.2, 0.25) is 0 Å². The van der Waals surface area contributed by atoms with Gasteiger partial charge in [0.15, 0.2) is 0 Å². The summed E-state index contributed by atoms with van der Waals surface area (Å²) < 4.78 is 0. The van der Waals surface area contributed by atoms with E-state index in [9.17, 15) is 4.79 Å². The summed E-state index contributed by atoms with van der Waals surface area (Å²) in [4.78, 5) is 17.1. The Hall–Kier alpha value is -1.06. The van der Waals surface area contributed by atoms with E-state index in [0.29, 0.717) is 24.6 Å². The van der Waals surface area contributed by atoms with Gasteiger partial charge < -0.3 is 0 Å². The molecule has 1 aliphatic rings. The number of alkyl halides is 1. The lowest BCUT2D eigenvalue weighted by Crippen LogP contribution is -2.26. The van der Waals surface area contributed by atoms with Gasteiger partial charge in [0.1, 0.15) is 0 Å². The largest absolute Gasteiger partial charge is 0.277 e. The molecule has 15 heavy (non-hydrogen) atoms. The van der Waals surface area contributed by atoms with Gasteiger partial charge >= 0.3 is 0 Å². The molecule has 1 aromatic carbocycles. The van der Waals surface area contributed by atoms with Crippen LogP contribution >= 0.6 is 11.6 Å². The van der Waals surface area contributed by atoms with E-state index in [1.165, 1.54) is 5.06 Å². The van der Waals surface area contributed by atoms with E-state index < -0.39 is 0 Å². The second-order valence-electron chi connectivity index (χ2n) is 3.43. The third-order valence-electron chi connectivity index (χ3n) is 2.31. The molecule has 1 aromatic rings. The monoisotopic (exact) mass is 225 g/mol. The Morgan fingerprint density at radius 3 is 3.07 bits per heavy atom.